The fourth-order valence-electron chi connectivity index (χ4n) is 3.88. The number of hydrogen-bond donors (Lipinski definition) is 0. The number of amides is 1. The summed E-state index contributed by atoms with van der Waals surface area (Å²) in [5, 5.41) is 0. The van der Waals surface area contributed by atoms with Crippen LogP contribution in [0.15, 0.2) is 59.5 Å². The zero-order chi connectivity index (χ0) is 21.5. The molecule has 2 aromatic carbocycles. The maximum Gasteiger partial charge on any atom is 0.416 e. The lowest BCUT2D eigenvalue weighted by molar-refractivity contribution is -0.137. The maximum absolute atomic E-state index is 12.8. The fourth-order valence-corrected chi connectivity index (χ4v) is 5.32. The SMILES string of the molecule is O=C(C1CC1c1ccc(C(F)(F)F)cc1)N1CCN(S(=O)(=O)c2ccccc2)CC1. The molecular formula is C21H21F3N2O3S. The van der Waals surface area contributed by atoms with Crippen molar-refractivity contribution in [1.82, 2.24) is 9.21 Å². The summed E-state index contributed by atoms with van der Waals surface area (Å²) in [6.45, 7) is 1.06. The van der Waals surface area contributed by atoms with Crippen molar-refractivity contribution in [1.29, 1.82) is 0 Å². The summed E-state index contributed by atoms with van der Waals surface area (Å²) in [7, 11) is -3.58. The molecule has 2 unspecified atom stereocenters. The zero-order valence-electron chi connectivity index (χ0n) is 16.0. The van der Waals surface area contributed by atoms with Crippen molar-refractivity contribution in [2.75, 3.05) is 26.2 Å². The second-order valence-electron chi connectivity index (χ2n) is 7.61. The van der Waals surface area contributed by atoms with Crippen LogP contribution in [0.25, 0.3) is 0 Å². The number of rotatable bonds is 4. The van der Waals surface area contributed by atoms with Gasteiger partial charge in [-0.05, 0) is 42.2 Å². The van der Waals surface area contributed by atoms with Crippen molar-refractivity contribution >= 4 is 15.9 Å². The Balaban J connectivity index is 1.34. The second kappa shape index (κ2) is 7.70. The molecule has 1 aliphatic carbocycles. The molecule has 9 heteroatoms. The molecule has 5 nitrogen and oxygen atoms in total. The zero-order valence-corrected chi connectivity index (χ0v) is 16.9. The van der Waals surface area contributed by atoms with E-state index in [2.05, 4.69) is 0 Å². The van der Waals surface area contributed by atoms with Crippen molar-refractivity contribution < 1.29 is 26.4 Å². The largest absolute Gasteiger partial charge is 0.416 e. The van der Waals surface area contributed by atoms with Crippen molar-refractivity contribution in [3.05, 3.63) is 65.7 Å². The molecule has 0 bridgehead atoms. The van der Waals surface area contributed by atoms with Crippen LogP contribution in [0.3, 0.4) is 0 Å². The topological polar surface area (TPSA) is 57.7 Å². The fraction of sp³-hybridized carbons (Fsp3) is 0.381. The highest BCUT2D eigenvalue weighted by Crippen LogP contribution is 2.49. The Bertz CT molecular complexity index is 1020. The molecule has 4 rings (SSSR count). The number of carbonyl (C=O) groups is 1. The molecule has 30 heavy (non-hydrogen) atoms. The average molecular weight is 438 g/mol. The summed E-state index contributed by atoms with van der Waals surface area (Å²) in [6.07, 6.45) is -3.77. The van der Waals surface area contributed by atoms with Gasteiger partial charge < -0.3 is 4.90 Å². The number of nitrogens with zero attached hydrogens (tertiary/aromatic N) is 2. The first-order valence-electron chi connectivity index (χ1n) is 9.69. The number of hydrogen-bond acceptors (Lipinski definition) is 3. The van der Waals surface area contributed by atoms with E-state index in [-0.39, 0.29) is 35.7 Å². The van der Waals surface area contributed by atoms with Gasteiger partial charge in [-0.15, -0.1) is 0 Å². The smallest absolute Gasteiger partial charge is 0.340 e. The molecule has 1 saturated heterocycles. The van der Waals surface area contributed by atoms with Gasteiger partial charge in [0.2, 0.25) is 15.9 Å². The Labute approximate surface area is 173 Å². The molecule has 1 saturated carbocycles. The van der Waals surface area contributed by atoms with Crippen LogP contribution in [0.4, 0.5) is 13.2 Å². The van der Waals surface area contributed by atoms with Crippen LogP contribution in [0, 0.1) is 5.92 Å². The minimum Gasteiger partial charge on any atom is -0.340 e. The van der Waals surface area contributed by atoms with Crippen molar-refractivity contribution in [2.24, 2.45) is 5.92 Å². The number of benzene rings is 2. The van der Waals surface area contributed by atoms with Gasteiger partial charge in [0, 0.05) is 32.1 Å². The quantitative estimate of drug-likeness (QED) is 0.736. The van der Waals surface area contributed by atoms with Crippen molar-refractivity contribution in [3.8, 4) is 0 Å². The lowest BCUT2D eigenvalue weighted by Crippen LogP contribution is -2.51. The van der Waals surface area contributed by atoms with Gasteiger partial charge in [-0.3, -0.25) is 4.79 Å². The highest BCUT2D eigenvalue weighted by atomic mass is 32.2. The van der Waals surface area contributed by atoms with E-state index in [9.17, 15) is 26.4 Å². The van der Waals surface area contributed by atoms with Crippen molar-refractivity contribution in [2.45, 2.75) is 23.4 Å². The van der Waals surface area contributed by atoms with Crippen LogP contribution in [-0.4, -0.2) is 49.7 Å². The van der Waals surface area contributed by atoms with Gasteiger partial charge in [-0.2, -0.15) is 17.5 Å². The van der Waals surface area contributed by atoms with Crippen LogP contribution in [0.1, 0.15) is 23.5 Å². The van der Waals surface area contributed by atoms with Crippen LogP contribution >= 0.6 is 0 Å². The third-order valence-corrected chi connectivity index (χ3v) is 7.62. The number of sulfonamides is 1. The van der Waals surface area contributed by atoms with Crippen LogP contribution < -0.4 is 0 Å². The lowest BCUT2D eigenvalue weighted by Gasteiger charge is -2.34. The third-order valence-electron chi connectivity index (χ3n) is 5.71. The summed E-state index contributed by atoms with van der Waals surface area (Å²) < 4.78 is 64.9. The first kappa shape index (κ1) is 20.9. The molecule has 2 aliphatic rings. The Morgan fingerprint density at radius 2 is 1.50 bits per heavy atom. The monoisotopic (exact) mass is 438 g/mol. The Hall–Kier alpha value is -2.39. The normalized spacial score (nSPS) is 22.7. The van der Waals surface area contributed by atoms with E-state index in [1.165, 1.54) is 16.4 Å². The average Bonchev–Trinajstić information content (AvgIpc) is 3.54. The van der Waals surface area contributed by atoms with Gasteiger partial charge in [0.15, 0.2) is 0 Å². The van der Waals surface area contributed by atoms with E-state index in [1.807, 2.05) is 0 Å². The minimum atomic E-state index is -4.38. The highest BCUT2D eigenvalue weighted by molar-refractivity contribution is 7.89. The molecular weight excluding hydrogens is 417 g/mol. The predicted octanol–water partition coefficient (Wildman–Crippen LogP) is 3.34. The van der Waals surface area contributed by atoms with E-state index in [0.29, 0.717) is 19.5 Å². The summed E-state index contributed by atoms with van der Waals surface area (Å²) in [5.41, 5.74) is 0.0252. The van der Waals surface area contributed by atoms with Gasteiger partial charge in [0.1, 0.15) is 0 Å². The summed E-state index contributed by atoms with van der Waals surface area (Å²) >= 11 is 0. The van der Waals surface area contributed by atoms with E-state index < -0.39 is 21.8 Å². The number of halogens is 3. The molecule has 1 aliphatic heterocycles. The third kappa shape index (κ3) is 4.09. The Kier molecular flexibility index (Phi) is 5.36. The standard InChI is InChI=1S/C21H21F3N2O3S/c22-21(23,24)16-8-6-15(7-9-16)18-14-19(18)20(27)25-10-12-26(13-11-25)30(28,29)17-4-2-1-3-5-17/h1-9,18-19H,10-14H2. The molecule has 0 aromatic heterocycles. The Morgan fingerprint density at radius 1 is 0.900 bits per heavy atom. The summed E-state index contributed by atoms with van der Waals surface area (Å²) in [4.78, 5) is 14.7. The van der Waals surface area contributed by atoms with Gasteiger partial charge in [0.25, 0.3) is 0 Å². The van der Waals surface area contributed by atoms with Gasteiger partial charge in [-0.1, -0.05) is 30.3 Å². The van der Waals surface area contributed by atoms with E-state index in [0.717, 1.165) is 17.7 Å². The first-order valence-corrected chi connectivity index (χ1v) is 11.1. The maximum atomic E-state index is 12.8. The molecule has 1 heterocycles. The molecule has 0 N–H and O–H groups in total. The van der Waals surface area contributed by atoms with Gasteiger partial charge in [0.05, 0.1) is 10.5 Å². The van der Waals surface area contributed by atoms with Gasteiger partial charge in [-0.25, -0.2) is 8.42 Å². The molecule has 2 aromatic rings. The number of alkyl halides is 3. The van der Waals surface area contributed by atoms with Crippen LogP contribution in [-0.2, 0) is 21.0 Å². The van der Waals surface area contributed by atoms with E-state index in [4.69, 9.17) is 0 Å². The molecule has 2 atom stereocenters. The molecule has 2 fully saturated rings. The minimum absolute atomic E-state index is 0.0587. The highest BCUT2D eigenvalue weighted by Gasteiger charge is 2.46. The summed E-state index contributed by atoms with van der Waals surface area (Å²) in [5.74, 6) is -0.387. The van der Waals surface area contributed by atoms with E-state index >= 15 is 0 Å². The molecule has 0 radical (unpaired) electrons. The molecule has 1 amide bonds. The lowest BCUT2D eigenvalue weighted by atomic mass is 10.1. The molecule has 160 valence electrons. The van der Waals surface area contributed by atoms with E-state index in [1.54, 1.807) is 35.2 Å². The first-order chi connectivity index (χ1) is 14.2. The second-order valence-corrected chi connectivity index (χ2v) is 9.55. The molecule has 0 spiro atoms. The van der Waals surface area contributed by atoms with Crippen LogP contribution in [0.2, 0.25) is 0 Å². The Morgan fingerprint density at radius 3 is 2.07 bits per heavy atom. The number of carbonyl (C=O) groups excluding carboxylic acids is 1. The predicted molar refractivity (Wildman–Crippen MR) is 104 cm³/mol. The summed E-state index contributed by atoms with van der Waals surface area (Å²) in [6, 6.07) is 13.1. The van der Waals surface area contributed by atoms with Gasteiger partial charge >= 0.3 is 6.18 Å². The van der Waals surface area contributed by atoms with Crippen LogP contribution in [0.5, 0.6) is 0 Å². The van der Waals surface area contributed by atoms with Crippen molar-refractivity contribution in [3.63, 3.8) is 0 Å². The number of piperazine rings is 1.